The van der Waals surface area contributed by atoms with E-state index in [1.54, 1.807) is 10.9 Å². The second-order valence-corrected chi connectivity index (χ2v) is 7.07. The number of thiazole rings is 1. The van der Waals surface area contributed by atoms with Crippen molar-refractivity contribution >= 4 is 17.2 Å². The first-order valence-electron chi connectivity index (χ1n) is 7.26. The highest BCUT2D eigenvalue weighted by Crippen LogP contribution is 2.28. The van der Waals surface area contributed by atoms with Crippen LogP contribution in [-0.2, 0) is 7.05 Å². The average molecular weight is 321 g/mol. The Hall–Kier alpha value is -1.73. The highest BCUT2D eigenvalue weighted by molar-refractivity contribution is 7.17. The zero-order valence-electron chi connectivity index (χ0n) is 13.7. The van der Waals surface area contributed by atoms with Gasteiger partial charge >= 0.3 is 0 Å². The number of aryl methyl sites for hydroxylation is 2. The Morgan fingerprint density at radius 2 is 2.23 bits per heavy atom. The summed E-state index contributed by atoms with van der Waals surface area (Å²) in [5, 5.41) is 7.99. The minimum atomic E-state index is -0.429. The first-order chi connectivity index (χ1) is 10.3. The maximum atomic E-state index is 12.6. The third kappa shape index (κ3) is 3.20. The molecular formula is C15H23N5OS. The molecule has 0 fully saturated rings. The Morgan fingerprint density at radius 3 is 2.73 bits per heavy atom. The molecule has 120 valence electrons. The number of nitrogens with two attached hydrogens (primary N) is 1. The smallest absolute Gasteiger partial charge is 0.263 e. The Morgan fingerprint density at radius 1 is 1.55 bits per heavy atom. The predicted molar refractivity (Wildman–Crippen MR) is 88.8 cm³/mol. The molecule has 0 aromatic carbocycles. The Balaban J connectivity index is 2.26. The molecule has 0 spiro atoms. The second-order valence-electron chi connectivity index (χ2n) is 6.07. The largest absolute Gasteiger partial charge is 0.345 e. The van der Waals surface area contributed by atoms with E-state index >= 15 is 0 Å². The maximum Gasteiger partial charge on any atom is 0.263 e. The summed E-state index contributed by atoms with van der Waals surface area (Å²) in [5.41, 5.74) is 7.05. The van der Waals surface area contributed by atoms with Crippen LogP contribution in [-0.4, -0.2) is 32.8 Å². The molecule has 1 atom stereocenters. The molecule has 3 N–H and O–H groups in total. The van der Waals surface area contributed by atoms with Gasteiger partial charge in [-0.3, -0.25) is 9.48 Å². The molecule has 22 heavy (non-hydrogen) atoms. The molecule has 6 nitrogen and oxygen atoms in total. The number of hydrogen-bond donors (Lipinski definition) is 2. The molecule has 2 aromatic rings. The van der Waals surface area contributed by atoms with Crippen LogP contribution in [0.25, 0.3) is 10.6 Å². The van der Waals surface area contributed by atoms with Crippen molar-refractivity contribution in [1.82, 2.24) is 20.1 Å². The van der Waals surface area contributed by atoms with E-state index in [1.165, 1.54) is 11.3 Å². The van der Waals surface area contributed by atoms with Gasteiger partial charge in [0.05, 0.1) is 17.4 Å². The summed E-state index contributed by atoms with van der Waals surface area (Å²) in [5.74, 6) is 0.124. The van der Waals surface area contributed by atoms with E-state index in [-0.39, 0.29) is 11.8 Å². The lowest BCUT2D eigenvalue weighted by atomic mass is 9.88. The summed E-state index contributed by atoms with van der Waals surface area (Å²) in [6.07, 6.45) is 3.64. The number of nitrogens with zero attached hydrogens (tertiary/aromatic N) is 3. The molecule has 0 radical (unpaired) electrons. The molecule has 1 unspecified atom stereocenters. The van der Waals surface area contributed by atoms with Crippen LogP contribution in [0.15, 0.2) is 12.4 Å². The minimum absolute atomic E-state index is 0.119. The third-order valence-corrected chi connectivity index (χ3v) is 5.26. The Bertz CT molecular complexity index is 675. The van der Waals surface area contributed by atoms with E-state index < -0.39 is 5.54 Å². The van der Waals surface area contributed by atoms with Gasteiger partial charge in [-0.2, -0.15) is 5.10 Å². The van der Waals surface area contributed by atoms with Gasteiger partial charge in [-0.25, -0.2) is 4.98 Å². The van der Waals surface area contributed by atoms with Crippen LogP contribution in [0.5, 0.6) is 0 Å². The van der Waals surface area contributed by atoms with E-state index in [0.717, 1.165) is 16.3 Å². The van der Waals surface area contributed by atoms with E-state index in [4.69, 9.17) is 5.73 Å². The van der Waals surface area contributed by atoms with Crippen LogP contribution in [0.3, 0.4) is 0 Å². The lowest BCUT2D eigenvalue weighted by Gasteiger charge is -2.33. The predicted octanol–water partition coefficient (Wildman–Crippen LogP) is 1.96. The molecular weight excluding hydrogens is 298 g/mol. The number of carbonyl (C=O) groups excluding carboxylic acids is 1. The zero-order chi connectivity index (χ0) is 16.5. The standard InChI is InChI=1S/C15H23N5OS/c1-9(2)15(4,8-16)19-13(21)12-10(3)18-14(22-12)11-6-17-20(5)7-11/h6-7,9H,8,16H2,1-5H3,(H,19,21). The monoisotopic (exact) mass is 321 g/mol. The van der Waals surface area contributed by atoms with Crippen molar-refractivity contribution in [1.29, 1.82) is 0 Å². The van der Waals surface area contributed by atoms with Crippen LogP contribution >= 0.6 is 11.3 Å². The fourth-order valence-corrected chi connectivity index (χ4v) is 2.95. The number of carbonyl (C=O) groups is 1. The molecule has 0 aliphatic carbocycles. The maximum absolute atomic E-state index is 12.6. The molecule has 0 aliphatic heterocycles. The normalized spacial score (nSPS) is 14.1. The summed E-state index contributed by atoms with van der Waals surface area (Å²) in [6.45, 7) is 8.31. The van der Waals surface area contributed by atoms with Gasteiger partial charge in [0, 0.05) is 25.4 Å². The van der Waals surface area contributed by atoms with Gasteiger partial charge in [0.15, 0.2) is 0 Å². The number of hydrogen-bond acceptors (Lipinski definition) is 5. The molecule has 1 amide bonds. The Kier molecular flexibility index (Phi) is 4.67. The summed E-state index contributed by atoms with van der Waals surface area (Å²) in [6, 6.07) is 0. The highest BCUT2D eigenvalue weighted by Gasteiger charge is 2.30. The van der Waals surface area contributed by atoms with Crippen molar-refractivity contribution < 1.29 is 4.79 Å². The lowest BCUT2D eigenvalue weighted by Crippen LogP contribution is -2.54. The van der Waals surface area contributed by atoms with Crippen molar-refractivity contribution in [2.24, 2.45) is 18.7 Å². The van der Waals surface area contributed by atoms with Crippen molar-refractivity contribution in [2.45, 2.75) is 33.2 Å². The molecule has 7 heteroatoms. The van der Waals surface area contributed by atoms with Crippen molar-refractivity contribution in [2.75, 3.05) is 6.54 Å². The lowest BCUT2D eigenvalue weighted by molar-refractivity contribution is 0.0886. The molecule has 0 saturated heterocycles. The van der Waals surface area contributed by atoms with Crippen LogP contribution in [0.2, 0.25) is 0 Å². The first-order valence-corrected chi connectivity index (χ1v) is 8.07. The van der Waals surface area contributed by atoms with Gasteiger partial charge in [0.1, 0.15) is 9.88 Å². The zero-order valence-corrected chi connectivity index (χ0v) is 14.5. The van der Waals surface area contributed by atoms with Crippen molar-refractivity contribution in [3.05, 3.63) is 23.0 Å². The summed E-state index contributed by atoms with van der Waals surface area (Å²) >= 11 is 1.38. The fourth-order valence-electron chi connectivity index (χ4n) is 2.01. The second kappa shape index (κ2) is 6.18. The molecule has 0 saturated carbocycles. The van der Waals surface area contributed by atoms with Gasteiger partial charge < -0.3 is 11.1 Å². The fraction of sp³-hybridized carbons (Fsp3) is 0.533. The van der Waals surface area contributed by atoms with Crippen molar-refractivity contribution in [3.63, 3.8) is 0 Å². The summed E-state index contributed by atoms with van der Waals surface area (Å²) in [4.78, 5) is 17.7. The van der Waals surface area contributed by atoms with Gasteiger partial charge in [0.25, 0.3) is 5.91 Å². The summed E-state index contributed by atoms with van der Waals surface area (Å²) < 4.78 is 1.72. The van der Waals surface area contributed by atoms with Gasteiger partial charge in [-0.15, -0.1) is 11.3 Å². The highest BCUT2D eigenvalue weighted by atomic mass is 32.1. The Labute approximate surface area is 134 Å². The van der Waals surface area contributed by atoms with E-state index in [1.807, 2.05) is 40.9 Å². The summed E-state index contributed by atoms with van der Waals surface area (Å²) in [7, 11) is 1.85. The SMILES string of the molecule is Cc1nc(-c2cnn(C)c2)sc1C(=O)NC(C)(CN)C(C)C. The molecule has 2 aromatic heterocycles. The third-order valence-electron chi connectivity index (χ3n) is 4.05. The van der Waals surface area contributed by atoms with E-state index in [2.05, 4.69) is 15.4 Å². The molecule has 0 aliphatic rings. The quantitative estimate of drug-likeness (QED) is 0.881. The van der Waals surface area contributed by atoms with Gasteiger partial charge in [0.2, 0.25) is 0 Å². The average Bonchev–Trinajstić information content (AvgIpc) is 3.04. The first kappa shape index (κ1) is 16.6. The topological polar surface area (TPSA) is 85.8 Å². The van der Waals surface area contributed by atoms with Gasteiger partial charge in [-0.05, 0) is 19.8 Å². The van der Waals surface area contributed by atoms with Crippen LogP contribution in [0.1, 0.15) is 36.1 Å². The number of rotatable bonds is 5. The molecule has 2 heterocycles. The number of amides is 1. The molecule has 0 bridgehead atoms. The number of aromatic nitrogens is 3. The van der Waals surface area contributed by atoms with E-state index in [0.29, 0.717) is 11.4 Å². The molecule has 2 rings (SSSR count). The van der Waals surface area contributed by atoms with Crippen LogP contribution in [0, 0.1) is 12.8 Å². The van der Waals surface area contributed by atoms with Crippen LogP contribution in [0.4, 0.5) is 0 Å². The number of nitrogens with one attached hydrogen (secondary N) is 1. The minimum Gasteiger partial charge on any atom is -0.345 e. The van der Waals surface area contributed by atoms with Crippen molar-refractivity contribution in [3.8, 4) is 10.6 Å². The van der Waals surface area contributed by atoms with Gasteiger partial charge in [-0.1, -0.05) is 13.8 Å². The van der Waals surface area contributed by atoms with Crippen LogP contribution < -0.4 is 11.1 Å². The van der Waals surface area contributed by atoms with E-state index in [9.17, 15) is 4.79 Å².